The number of rotatable bonds is 6. The van der Waals surface area contributed by atoms with Crippen molar-refractivity contribution >= 4 is 17.5 Å². The van der Waals surface area contributed by atoms with Gasteiger partial charge in [-0.3, -0.25) is 14.5 Å². The number of carbonyl (C=O) groups is 2. The lowest BCUT2D eigenvalue weighted by Gasteiger charge is -2.35. The standard InChI is InChI=1S/C24H28N2O3/c1-2-16-29-21-10-8-20(9-11-21)26-23(27)17-22(24(26)28)25-14-12-19(13-15-25)18-6-4-3-5-7-18/h3-11,19,22H,2,12-17H2,1H3/t22-/m1/s1. The van der Waals surface area contributed by atoms with Gasteiger partial charge in [-0.2, -0.15) is 0 Å². The van der Waals surface area contributed by atoms with Gasteiger partial charge in [0.15, 0.2) is 0 Å². The first-order valence-corrected chi connectivity index (χ1v) is 10.6. The number of piperidine rings is 1. The lowest BCUT2D eigenvalue weighted by atomic mass is 9.89. The monoisotopic (exact) mass is 392 g/mol. The molecule has 0 N–H and O–H groups in total. The number of amides is 2. The lowest BCUT2D eigenvalue weighted by Crippen LogP contribution is -2.45. The van der Waals surface area contributed by atoms with E-state index in [9.17, 15) is 9.59 Å². The van der Waals surface area contributed by atoms with E-state index in [1.807, 2.05) is 18.2 Å². The first-order chi connectivity index (χ1) is 14.2. The van der Waals surface area contributed by atoms with Gasteiger partial charge in [0.25, 0.3) is 5.91 Å². The third-order valence-electron chi connectivity index (χ3n) is 5.93. The molecule has 0 aliphatic carbocycles. The van der Waals surface area contributed by atoms with Crippen molar-refractivity contribution in [3.8, 4) is 5.75 Å². The second kappa shape index (κ2) is 8.78. The highest BCUT2D eigenvalue weighted by Gasteiger charge is 2.43. The Morgan fingerprint density at radius 1 is 0.966 bits per heavy atom. The van der Waals surface area contributed by atoms with E-state index < -0.39 is 0 Å². The van der Waals surface area contributed by atoms with E-state index in [-0.39, 0.29) is 24.3 Å². The molecule has 2 heterocycles. The average molecular weight is 392 g/mol. The van der Waals surface area contributed by atoms with E-state index in [0.29, 0.717) is 18.2 Å². The Morgan fingerprint density at radius 3 is 2.31 bits per heavy atom. The van der Waals surface area contributed by atoms with Gasteiger partial charge in [-0.25, -0.2) is 4.90 Å². The summed E-state index contributed by atoms with van der Waals surface area (Å²) in [6, 6.07) is 17.5. The number of ether oxygens (including phenoxy) is 1. The molecule has 5 heteroatoms. The van der Waals surface area contributed by atoms with Crippen molar-refractivity contribution in [2.45, 2.75) is 44.6 Å². The highest BCUT2D eigenvalue weighted by atomic mass is 16.5. The van der Waals surface area contributed by atoms with Crippen LogP contribution in [0.15, 0.2) is 54.6 Å². The normalized spacial score (nSPS) is 21.0. The Labute approximate surface area is 172 Å². The maximum absolute atomic E-state index is 13.1. The number of anilines is 1. The average Bonchev–Trinajstić information content (AvgIpc) is 3.07. The predicted octanol–water partition coefficient (Wildman–Crippen LogP) is 3.99. The van der Waals surface area contributed by atoms with Gasteiger partial charge >= 0.3 is 0 Å². The van der Waals surface area contributed by atoms with Crippen molar-refractivity contribution in [2.24, 2.45) is 0 Å². The third kappa shape index (κ3) is 4.20. The Kier molecular flexibility index (Phi) is 5.95. The Morgan fingerprint density at radius 2 is 1.66 bits per heavy atom. The smallest absolute Gasteiger partial charge is 0.251 e. The van der Waals surface area contributed by atoms with E-state index in [1.165, 1.54) is 10.5 Å². The molecule has 2 aromatic carbocycles. The zero-order valence-corrected chi connectivity index (χ0v) is 16.9. The molecule has 0 bridgehead atoms. The molecule has 2 aliphatic heterocycles. The maximum atomic E-state index is 13.1. The zero-order valence-electron chi connectivity index (χ0n) is 16.9. The fourth-order valence-electron chi connectivity index (χ4n) is 4.35. The van der Waals surface area contributed by atoms with Gasteiger partial charge in [0.2, 0.25) is 5.91 Å². The number of imide groups is 1. The van der Waals surface area contributed by atoms with Crippen LogP contribution in [-0.2, 0) is 9.59 Å². The van der Waals surface area contributed by atoms with E-state index in [4.69, 9.17) is 4.74 Å². The molecule has 0 saturated carbocycles. The summed E-state index contributed by atoms with van der Waals surface area (Å²) in [7, 11) is 0. The predicted molar refractivity (Wildman–Crippen MR) is 113 cm³/mol. The van der Waals surface area contributed by atoms with E-state index in [1.54, 1.807) is 12.1 Å². The van der Waals surface area contributed by atoms with Gasteiger partial charge < -0.3 is 4.74 Å². The summed E-state index contributed by atoms with van der Waals surface area (Å²) in [5, 5.41) is 0. The topological polar surface area (TPSA) is 49.9 Å². The number of nitrogens with zero attached hydrogens (tertiary/aromatic N) is 2. The molecule has 0 aromatic heterocycles. The SMILES string of the molecule is CCCOc1ccc(N2C(=O)C[C@@H](N3CCC(c4ccccc4)CC3)C2=O)cc1. The van der Waals surface area contributed by atoms with Gasteiger partial charge in [-0.15, -0.1) is 0 Å². The van der Waals surface area contributed by atoms with Crippen LogP contribution in [-0.4, -0.2) is 42.5 Å². The summed E-state index contributed by atoms with van der Waals surface area (Å²) in [4.78, 5) is 29.2. The fourth-order valence-corrected chi connectivity index (χ4v) is 4.35. The Bertz CT molecular complexity index is 842. The molecule has 2 fully saturated rings. The molecule has 1 atom stereocenters. The van der Waals surface area contributed by atoms with Gasteiger partial charge in [0, 0.05) is 0 Å². The van der Waals surface area contributed by atoms with Crippen LogP contribution in [0.25, 0.3) is 0 Å². The molecule has 29 heavy (non-hydrogen) atoms. The summed E-state index contributed by atoms with van der Waals surface area (Å²) in [6.45, 7) is 4.41. The fraction of sp³-hybridized carbons (Fsp3) is 0.417. The van der Waals surface area contributed by atoms with Crippen LogP contribution in [0.5, 0.6) is 5.75 Å². The van der Waals surface area contributed by atoms with Crippen LogP contribution in [0, 0.1) is 0 Å². The highest BCUT2D eigenvalue weighted by molar-refractivity contribution is 6.22. The summed E-state index contributed by atoms with van der Waals surface area (Å²) >= 11 is 0. The summed E-state index contributed by atoms with van der Waals surface area (Å²) in [6.07, 6.45) is 3.24. The number of benzene rings is 2. The van der Waals surface area contributed by atoms with Crippen LogP contribution in [0.1, 0.15) is 44.1 Å². The largest absolute Gasteiger partial charge is 0.494 e. The molecule has 2 aliphatic rings. The van der Waals surface area contributed by atoms with E-state index in [2.05, 4.69) is 36.1 Å². The number of hydrogen-bond acceptors (Lipinski definition) is 4. The second-order valence-corrected chi connectivity index (χ2v) is 7.85. The van der Waals surface area contributed by atoms with Gasteiger partial charge in [0.05, 0.1) is 24.8 Å². The van der Waals surface area contributed by atoms with Crippen LogP contribution < -0.4 is 9.64 Å². The van der Waals surface area contributed by atoms with Crippen molar-refractivity contribution in [3.63, 3.8) is 0 Å². The molecule has 0 spiro atoms. The van der Waals surface area contributed by atoms with E-state index in [0.717, 1.165) is 38.1 Å². The first kappa shape index (κ1) is 19.6. The summed E-state index contributed by atoms with van der Waals surface area (Å²) < 4.78 is 5.59. The molecule has 2 amide bonds. The molecule has 2 saturated heterocycles. The minimum absolute atomic E-state index is 0.101. The molecule has 0 radical (unpaired) electrons. The molecular weight excluding hydrogens is 364 g/mol. The second-order valence-electron chi connectivity index (χ2n) is 7.85. The molecule has 5 nitrogen and oxygen atoms in total. The minimum atomic E-state index is -0.338. The zero-order chi connectivity index (χ0) is 20.2. The van der Waals surface area contributed by atoms with Crippen LogP contribution in [0.4, 0.5) is 5.69 Å². The van der Waals surface area contributed by atoms with Crippen LogP contribution in [0.3, 0.4) is 0 Å². The Balaban J connectivity index is 1.39. The summed E-state index contributed by atoms with van der Waals surface area (Å²) in [5.74, 6) is 1.07. The first-order valence-electron chi connectivity index (χ1n) is 10.6. The van der Waals surface area contributed by atoms with Crippen LogP contribution in [0.2, 0.25) is 0 Å². The molecule has 152 valence electrons. The van der Waals surface area contributed by atoms with Crippen molar-refractivity contribution < 1.29 is 14.3 Å². The van der Waals surface area contributed by atoms with E-state index >= 15 is 0 Å². The molecule has 0 unspecified atom stereocenters. The number of likely N-dealkylation sites (tertiary alicyclic amines) is 1. The van der Waals surface area contributed by atoms with Crippen molar-refractivity contribution in [1.29, 1.82) is 0 Å². The lowest BCUT2D eigenvalue weighted by molar-refractivity contribution is -0.123. The summed E-state index contributed by atoms with van der Waals surface area (Å²) in [5.41, 5.74) is 2.00. The molecule has 4 rings (SSSR count). The van der Waals surface area contributed by atoms with Gasteiger partial charge in [-0.05, 0) is 68.1 Å². The van der Waals surface area contributed by atoms with Gasteiger partial charge in [0.1, 0.15) is 5.75 Å². The van der Waals surface area contributed by atoms with Crippen molar-refractivity contribution in [3.05, 3.63) is 60.2 Å². The third-order valence-corrected chi connectivity index (χ3v) is 5.93. The quantitative estimate of drug-likeness (QED) is 0.698. The van der Waals surface area contributed by atoms with Crippen LogP contribution >= 0.6 is 0 Å². The minimum Gasteiger partial charge on any atom is -0.494 e. The maximum Gasteiger partial charge on any atom is 0.251 e. The number of hydrogen-bond donors (Lipinski definition) is 0. The highest BCUT2D eigenvalue weighted by Crippen LogP contribution is 2.32. The Hall–Kier alpha value is -2.66. The number of carbonyl (C=O) groups excluding carboxylic acids is 2. The molecular formula is C24H28N2O3. The van der Waals surface area contributed by atoms with Crippen molar-refractivity contribution in [1.82, 2.24) is 4.90 Å². The molecule has 2 aromatic rings. The van der Waals surface area contributed by atoms with Gasteiger partial charge in [-0.1, -0.05) is 37.3 Å². The van der Waals surface area contributed by atoms with Crippen molar-refractivity contribution in [2.75, 3.05) is 24.6 Å².